The third-order valence-electron chi connectivity index (χ3n) is 4.71. The van der Waals surface area contributed by atoms with E-state index in [0.29, 0.717) is 25.6 Å². The summed E-state index contributed by atoms with van der Waals surface area (Å²) in [5, 5.41) is 7.68. The Labute approximate surface area is 192 Å². The molecular weight excluding hydrogens is 483 g/mol. The minimum absolute atomic E-state index is 0. The summed E-state index contributed by atoms with van der Waals surface area (Å²) in [7, 11) is 3.75. The average Bonchev–Trinajstić information content (AvgIpc) is 3.25. The molecule has 0 aliphatic carbocycles. The summed E-state index contributed by atoms with van der Waals surface area (Å²) in [6.07, 6.45) is 5.77. The number of aryl methyl sites for hydroxylation is 1. The van der Waals surface area contributed by atoms with Crippen LogP contribution in [0.2, 0.25) is 0 Å². The molecule has 1 fully saturated rings. The molecule has 1 amide bonds. The van der Waals surface area contributed by atoms with Crippen LogP contribution in [0.3, 0.4) is 0 Å². The maximum atomic E-state index is 12.4. The highest BCUT2D eigenvalue weighted by Gasteiger charge is 2.27. The van der Waals surface area contributed by atoms with E-state index in [1.807, 2.05) is 38.7 Å². The normalized spacial score (nSPS) is 17.1. The number of aromatic nitrogens is 2. The van der Waals surface area contributed by atoms with Crippen LogP contribution in [-0.4, -0.2) is 77.0 Å². The fraction of sp³-hybridized carbons (Fsp3) is 0.750. The minimum Gasteiger partial charge on any atom is -0.444 e. The van der Waals surface area contributed by atoms with Crippen LogP contribution in [0.1, 0.15) is 52.0 Å². The van der Waals surface area contributed by atoms with E-state index in [0.717, 1.165) is 31.9 Å². The Bertz CT molecular complexity index is 670. The number of ether oxygens (including phenoxy) is 1. The highest BCUT2D eigenvalue weighted by atomic mass is 127. The average molecular weight is 520 g/mol. The fourth-order valence-electron chi connectivity index (χ4n) is 3.40. The lowest BCUT2D eigenvalue weighted by molar-refractivity contribution is 0.0253. The summed E-state index contributed by atoms with van der Waals surface area (Å²) in [6.45, 7) is 11.5. The number of carbonyl (C=O) groups is 1. The molecule has 0 aromatic carbocycles. The lowest BCUT2D eigenvalue weighted by atomic mass is 10.0. The first-order chi connectivity index (χ1) is 13.2. The van der Waals surface area contributed by atoms with Gasteiger partial charge >= 0.3 is 6.09 Å². The van der Waals surface area contributed by atoms with E-state index in [2.05, 4.69) is 33.4 Å². The number of rotatable bonds is 6. The van der Waals surface area contributed by atoms with Crippen molar-refractivity contribution in [2.45, 2.75) is 52.1 Å². The Morgan fingerprint density at radius 3 is 2.69 bits per heavy atom. The first-order valence-corrected chi connectivity index (χ1v) is 10.2. The van der Waals surface area contributed by atoms with Crippen LogP contribution in [0, 0.1) is 0 Å². The molecule has 2 heterocycles. The van der Waals surface area contributed by atoms with Crippen LogP contribution < -0.4 is 5.32 Å². The van der Waals surface area contributed by atoms with Crippen molar-refractivity contribution in [3.63, 3.8) is 0 Å². The molecular formula is C20H37IN6O2. The molecule has 1 aromatic heterocycles. The zero-order valence-electron chi connectivity index (χ0n) is 18.6. The van der Waals surface area contributed by atoms with Crippen molar-refractivity contribution >= 4 is 36.0 Å². The number of hydrogen-bond donors (Lipinski definition) is 1. The highest BCUT2D eigenvalue weighted by molar-refractivity contribution is 14.0. The van der Waals surface area contributed by atoms with Gasteiger partial charge in [0.05, 0.1) is 6.20 Å². The topological polar surface area (TPSA) is 75.0 Å². The summed E-state index contributed by atoms with van der Waals surface area (Å²) in [4.78, 5) is 20.8. The molecule has 1 aromatic rings. The van der Waals surface area contributed by atoms with Gasteiger partial charge in [0.15, 0.2) is 5.96 Å². The molecule has 2 rings (SSSR count). The van der Waals surface area contributed by atoms with Crippen LogP contribution in [0.15, 0.2) is 17.4 Å². The van der Waals surface area contributed by atoms with Gasteiger partial charge < -0.3 is 19.9 Å². The van der Waals surface area contributed by atoms with Crippen molar-refractivity contribution < 1.29 is 9.53 Å². The van der Waals surface area contributed by atoms with Gasteiger partial charge in [-0.05, 0) is 39.2 Å². The molecule has 1 atom stereocenters. The molecule has 166 valence electrons. The zero-order valence-corrected chi connectivity index (χ0v) is 21.0. The molecule has 1 aliphatic rings. The van der Waals surface area contributed by atoms with E-state index in [1.165, 1.54) is 5.56 Å². The second-order valence-electron chi connectivity index (χ2n) is 8.32. The summed E-state index contributed by atoms with van der Waals surface area (Å²) in [5.41, 5.74) is 0.795. The molecule has 9 heteroatoms. The predicted octanol–water partition coefficient (Wildman–Crippen LogP) is 3.05. The Morgan fingerprint density at radius 2 is 2.14 bits per heavy atom. The predicted molar refractivity (Wildman–Crippen MR) is 127 cm³/mol. The lowest BCUT2D eigenvalue weighted by Crippen LogP contribution is -2.45. The SMILES string of the molecule is CCCN(CCNC(=NC)N1CCC(c2cnn(C)c2)C1)C(=O)OC(C)(C)C.I. The Hall–Kier alpha value is -1.52. The van der Waals surface area contributed by atoms with Gasteiger partial charge in [0.1, 0.15) is 5.60 Å². The van der Waals surface area contributed by atoms with Crippen molar-refractivity contribution in [2.75, 3.05) is 39.8 Å². The largest absolute Gasteiger partial charge is 0.444 e. The maximum Gasteiger partial charge on any atom is 0.410 e. The van der Waals surface area contributed by atoms with Crippen molar-refractivity contribution in [3.8, 4) is 0 Å². The van der Waals surface area contributed by atoms with Crippen LogP contribution in [0.25, 0.3) is 0 Å². The van der Waals surface area contributed by atoms with E-state index >= 15 is 0 Å². The summed E-state index contributed by atoms with van der Waals surface area (Å²) >= 11 is 0. The highest BCUT2D eigenvalue weighted by Crippen LogP contribution is 2.26. The van der Waals surface area contributed by atoms with E-state index in [1.54, 1.807) is 11.9 Å². The number of amides is 1. The molecule has 0 spiro atoms. The summed E-state index contributed by atoms with van der Waals surface area (Å²) in [5.74, 6) is 1.36. The molecule has 0 saturated carbocycles. The van der Waals surface area contributed by atoms with Gasteiger partial charge in [0.2, 0.25) is 0 Å². The van der Waals surface area contributed by atoms with Crippen molar-refractivity contribution in [2.24, 2.45) is 12.0 Å². The number of likely N-dealkylation sites (tertiary alicyclic amines) is 1. The number of hydrogen-bond acceptors (Lipinski definition) is 4. The molecule has 1 N–H and O–H groups in total. The molecule has 0 bridgehead atoms. The van der Waals surface area contributed by atoms with Crippen molar-refractivity contribution in [1.82, 2.24) is 24.9 Å². The van der Waals surface area contributed by atoms with Gasteiger partial charge in [0, 0.05) is 58.9 Å². The number of aliphatic imine (C=N–C) groups is 1. The van der Waals surface area contributed by atoms with E-state index in [9.17, 15) is 4.79 Å². The third-order valence-corrected chi connectivity index (χ3v) is 4.71. The molecule has 1 unspecified atom stereocenters. The monoisotopic (exact) mass is 520 g/mol. The Kier molecular flexibility index (Phi) is 10.2. The lowest BCUT2D eigenvalue weighted by Gasteiger charge is -2.28. The number of carbonyl (C=O) groups excluding carboxylic acids is 1. The van der Waals surface area contributed by atoms with Gasteiger partial charge in [-0.2, -0.15) is 5.10 Å². The smallest absolute Gasteiger partial charge is 0.410 e. The zero-order chi connectivity index (χ0) is 20.7. The Balaban J connectivity index is 0.00000420. The van der Waals surface area contributed by atoms with Gasteiger partial charge in [-0.3, -0.25) is 9.67 Å². The molecule has 29 heavy (non-hydrogen) atoms. The van der Waals surface area contributed by atoms with Crippen LogP contribution in [-0.2, 0) is 11.8 Å². The molecule has 1 aliphatic heterocycles. The minimum atomic E-state index is -0.483. The van der Waals surface area contributed by atoms with Gasteiger partial charge in [-0.1, -0.05) is 6.92 Å². The van der Waals surface area contributed by atoms with E-state index in [-0.39, 0.29) is 30.1 Å². The van der Waals surface area contributed by atoms with E-state index < -0.39 is 5.60 Å². The number of halogens is 1. The van der Waals surface area contributed by atoms with Gasteiger partial charge in [-0.15, -0.1) is 24.0 Å². The van der Waals surface area contributed by atoms with E-state index in [4.69, 9.17) is 4.74 Å². The van der Waals surface area contributed by atoms with Crippen molar-refractivity contribution in [3.05, 3.63) is 18.0 Å². The first kappa shape index (κ1) is 25.5. The molecule has 8 nitrogen and oxygen atoms in total. The Morgan fingerprint density at radius 1 is 1.41 bits per heavy atom. The van der Waals surface area contributed by atoms with Crippen molar-refractivity contribution in [1.29, 1.82) is 0 Å². The number of guanidine groups is 1. The quantitative estimate of drug-likeness (QED) is 0.355. The fourth-order valence-corrected chi connectivity index (χ4v) is 3.40. The van der Waals surface area contributed by atoms with Crippen LogP contribution >= 0.6 is 24.0 Å². The van der Waals surface area contributed by atoms with Gasteiger partial charge in [-0.25, -0.2) is 4.79 Å². The second kappa shape index (κ2) is 11.6. The number of nitrogens with one attached hydrogen (secondary N) is 1. The molecule has 1 saturated heterocycles. The molecule has 0 radical (unpaired) electrons. The second-order valence-corrected chi connectivity index (χ2v) is 8.32. The number of nitrogens with zero attached hydrogens (tertiary/aromatic N) is 5. The maximum absolute atomic E-state index is 12.4. The first-order valence-electron chi connectivity index (χ1n) is 10.2. The standard InChI is InChI=1S/C20H36N6O2.HI/c1-7-10-25(19(27)28-20(2,3)4)12-9-22-18(21-5)26-11-8-16(15-26)17-13-23-24(6)14-17;/h13-14,16H,7-12,15H2,1-6H3,(H,21,22);1H. The third kappa shape index (κ3) is 8.02. The summed E-state index contributed by atoms with van der Waals surface area (Å²) in [6, 6.07) is 0. The van der Waals surface area contributed by atoms with Crippen LogP contribution in [0.4, 0.5) is 4.79 Å². The summed E-state index contributed by atoms with van der Waals surface area (Å²) < 4.78 is 7.36. The van der Waals surface area contributed by atoms with Crippen LogP contribution in [0.5, 0.6) is 0 Å². The van der Waals surface area contributed by atoms with Gasteiger partial charge in [0.25, 0.3) is 0 Å².